The highest BCUT2D eigenvalue weighted by Crippen LogP contribution is 2.14. The summed E-state index contributed by atoms with van der Waals surface area (Å²) in [5.74, 6) is 0.716. The lowest BCUT2D eigenvalue weighted by Crippen LogP contribution is -2.29. The number of aryl methyl sites for hydroxylation is 1. The molecule has 1 N–H and O–H groups in total. The zero-order valence-corrected chi connectivity index (χ0v) is 12.5. The number of aromatic nitrogens is 2. The molecule has 2 rings (SSSR count). The number of ether oxygens (including phenoxy) is 1. The number of amides is 1. The Bertz CT molecular complexity index is 592. The Kier molecular flexibility index (Phi) is 4.94. The number of hydrogen-bond donors (Lipinski definition) is 1. The van der Waals surface area contributed by atoms with Crippen molar-refractivity contribution in [1.29, 1.82) is 0 Å². The molecule has 0 fully saturated rings. The Morgan fingerprint density at radius 2 is 2.10 bits per heavy atom. The first-order chi connectivity index (χ1) is 10.1. The van der Waals surface area contributed by atoms with E-state index in [4.69, 9.17) is 4.74 Å². The van der Waals surface area contributed by atoms with E-state index in [-0.39, 0.29) is 5.91 Å². The van der Waals surface area contributed by atoms with Gasteiger partial charge in [0.25, 0.3) is 0 Å². The van der Waals surface area contributed by atoms with E-state index in [1.54, 1.807) is 18.0 Å². The minimum atomic E-state index is -0.0495. The molecule has 0 saturated heterocycles. The average molecular weight is 288 g/mol. The lowest BCUT2D eigenvalue weighted by atomic mass is 10.3. The van der Waals surface area contributed by atoms with Crippen molar-refractivity contribution in [2.75, 3.05) is 26.0 Å². The Morgan fingerprint density at radius 1 is 1.38 bits per heavy atom. The molecular weight excluding hydrogens is 268 g/mol. The molecule has 0 saturated carbocycles. The van der Waals surface area contributed by atoms with Gasteiger partial charge in [0.2, 0.25) is 5.91 Å². The van der Waals surface area contributed by atoms with Crippen LogP contribution >= 0.6 is 0 Å². The fourth-order valence-corrected chi connectivity index (χ4v) is 2.04. The third-order valence-electron chi connectivity index (χ3n) is 3.00. The fourth-order valence-electron chi connectivity index (χ4n) is 2.04. The zero-order chi connectivity index (χ0) is 15.2. The van der Waals surface area contributed by atoms with Crippen molar-refractivity contribution in [3.8, 4) is 5.75 Å². The summed E-state index contributed by atoms with van der Waals surface area (Å²) in [5, 5.41) is 6.97. The van der Waals surface area contributed by atoms with Crippen LogP contribution in [0, 0.1) is 0 Å². The van der Waals surface area contributed by atoms with Crippen LogP contribution in [0.2, 0.25) is 0 Å². The normalized spacial score (nSPS) is 10.7. The van der Waals surface area contributed by atoms with E-state index < -0.39 is 0 Å². The van der Waals surface area contributed by atoms with E-state index in [1.165, 1.54) is 0 Å². The monoisotopic (exact) mass is 288 g/mol. The van der Waals surface area contributed by atoms with Gasteiger partial charge in [0, 0.05) is 31.0 Å². The maximum Gasteiger partial charge on any atom is 0.238 e. The predicted octanol–water partition coefficient (Wildman–Crippen LogP) is 1.50. The molecule has 112 valence electrons. The third-order valence-corrected chi connectivity index (χ3v) is 3.00. The van der Waals surface area contributed by atoms with Crippen molar-refractivity contribution in [2.24, 2.45) is 7.05 Å². The average Bonchev–Trinajstić information content (AvgIpc) is 2.84. The minimum Gasteiger partial charge on any atom is -0.497 e. The number of likely N-dealkylation sites (N-methyl/N-ethyl adjacent to an activating group) is 1. The van der Waals surface area contributed by atoms with Crippen LogP contribution in [0.25, 0.3) is 0 Å². The van der Waals surface area contributed by atoms with Gasteiger partial charge in [-0.25, -0.2) is 0 Å². The summed E-state index contributed by atoms with van der Waals surface area (Å²) in [7, 11) is 5.39. The zero-order valence-electron chi connectivity index (χ0n) is 12.5. The van der Waals surface area contributed by atoms with Crippen LogP contribution in [-0.2, 0) is 18.4 Å². The highest BCUT2D eigenvalue weighted by Gasteiger charge is 2.08. The summed E-state index contributed by atoms with van der Waals surface area (Å²) in [6.45, 7) is 1.00. The van der Waals surface area contributed by atoms with Crippen molar-refractivity contribution in [3.63, 3.8) is 0 Å². The van der Waals surface area contributed by atoms with Crippen LogP contribution in [0.15, 0.2) is 36.7 Å². The molecule has 1 heterocycles. The van der Waals surface area contributed by atoms with Gasteiger partial charge in [-0.15, -0.1) is 0 Å². The first-order valence-electron chi connectivity index (χ1n) is 6.67. The second-order valence-corrected chi connectivity index (χ2v) is 4.97. The minimum absolute atomic E-state index is 0.0495. The van der Waals surface area contributed by atoms with Crippen LogP contribution < -0.4 is 10.1 Å². The van der Waals surface area contributed by atoms with E-state index in [9.17, 15) is 4.79 Å². The number of carbonyl (C=O) groups excluding carboxylic acids is 1. The van der Waals surface area contributed by atoms with Crippen molar-refractivity contribution in [3.05, 3.63) is 42.2 Å². The van der Waals surface area contributed by atoms with Gasteiger partial charge in [-0.3, -0.25) is 14.4 Å². The third kappa shape index (κ3) is 4.61. The van der Waals surface area contributed by atoms with Crippen molar-refractivity contribution < 1.29 is 9.53 Å². The van der Waals surface area contributed by atoms with Crippen LogP contribution in [0.3, 0.4) is 0 Å². The summed E-state index contributed by atoms with van der Waals surface area (Å²) >= 11 is 0. The van der Waals surface area contributed by atoms with E-state index in [0.717, 1.165) is 17.0 Å². The second-order valence-electron chi connectivity index (χ2n) is 4.97. The van der Waals surface area contributed by atoms with Crippen molar-refractivity contribution in [1.82, 2.24) is 14.7 Å². The van der Waals surface area contributed by atoms with E-state index in [1.807, 2.05) is 49.5 Å². The van der Waals surface area contributed by atoms with Crippen molar-refractivity contribution >= 4 is 11.6 Å². The summed E-state index contributed by atoms with van der Waals surface area (Å²) in [6.07, 6.45) is 3.75. The standard InChI is InChI=1S/C15H20N4O2/c1-18(9-12-8-16-19(2)10-12)11-15(20)17-13-4-6-14(21-3)7-5-13/h4-8,10H,9,11H2,1-3H3,(H,17,20). The topological polar surface area (TPSA) is 59.4 Å². The number of rotatable bonds is 6. The van der Waals surface area contributed by atoms with Gasteiger partial charge in [-0.05, 0) is 31.3 Å². The lowest BCUT2D eigenvalue weighted by molar-refractivity contribution is -0.117. The number of hydrogen-bond acceptors (Lipinski definition) is 4. The van der Waals surface area contributed by atoms with Gasteiger partial charge in [-0.1, -0.05) is 0 Å². The van der Waals surface area contributed by atoms with Crippen molar-refractivity contribution in [2.45, 2.75) is 6.54 Å². The number of benzene rings is 1. The molecular formula is C15H20N4O2. The molecule has 0 aliphatic carbocycles. The number of carbonyl (C=O) groups is 1. The molecule has 0 unspecified atom stereocenters. The Labute approximate surface area is 124 Å². The molecule has 0 bridgehead atoms. The summed E-state index contributed by atoms with van der Waals surface area (Å²) in [4.78, 5) is 13.9. The summed E-state index contributed by atoms with van der Waals surface area (Å²) < 4.78 is 6.83. The Hall–Kier alpha value is -2.34. The summed E-state index contributed by atoms with van der Waals surface area (Å²) in [6, 6.07) is 7.26. The molecule has 0 aliphatic rings. The maximum absolute atomic E-state index is 12.0. The second kappa shape index (κ2) is 6.90. The van der Waals surface area contributed by atoms with Gasteiger partial charge >= 0.3 is 0 Å². The molecule has 6 heteroatoms. The number of anilines is 1. The van der Waals surface area contributed by atoms with E-state index in [2.05, 4.69) is 10.4 Å². The largest absolute Gasteiger partial charge is 0.497 e. The lowest BCUT2D eigenvalue weighted by Gasteiger charge is -2.15. The quantitative estimate of drug-likeness (QED) is 0.875. The van der Waals surface area contributed by atoms with Gasteiger partial charge < -0.3 is 10.1 Å². The first-order valence-corrected chi connectivity index (χ1v) is 6.67. The first kappa shape index (κ1) is 15.1. The summed E-state index contributed by atoms with van der Waals surface area (Å²) in [5.41, 5.74) is 1.84. The number of methoxy groups -OCH3 is 1. The van der Waals surface area contributed by atoms with Crippen LogP contribution in [0.5, 0.6) is 5.75 Å². The molecule has 1 aromatic carbocycles. The molecule has 0 radical (unpaired) electrons. The van der Waals surface area contributed by atoms with E-state index >= 15 is 0 Å². The van der Waals surface area contributed by atoms with Gasteiger partial charge in [0.15, 0.2) is 0 Å². The molecule has 1 aromatic heterocycles. The number of nitrogens with one attached hydrogen (secondary N) is 1. The highest BCUT2D eigenvalue weighted by atomic mass is 16.5. The molecule has 0 atom stereocenters. The number of nitrogens with zero attached hydrogens (tertiary/aromatic N) is 3. The van der Waals surface area contributed by atoms with E-state index in [0.29, 0.717) is 13.1 Å². The fraction of sp³-hybridized carbons (Fsp3) is 0.333. The van der Waals surface area contributed by atoms with Crippen LogP contribution in [0.1, 0.15) is 5.56 Å². The molecule has 0 aliphatic heterocycles. The maximum atomic E-state index is 12.0. The molecule has 0 spiro atoms. The van der Waals surface area contributed by atoms with Gasteiger partial charge in [0.05, 0.1) is 19.9 Å². The smallest absolute Gasteiger partial charge is 0.238 e. The predicted molar refractivity (Wildman–Crippen MR) is 81.2 cm³/mol. The van der Waals surface area contributed by atoms with Gasteiger partial charge in [-0.2, -0.15) is 5.10 Å². The highest BCUT2D eigenvalue weighted by molar-refractivity contribution is 5.92. The molecule has 21 heavy (non-hydrogen) atoms. The van der Waals surface area contributed by atoms with Gasteiger partial charge in [0.1, 0.15) is 5.75 Å². The molecule has 1 amide bonds. The Balaban J connectivity index is 1.82. The SMILES string of the molecule is COc1ccc(NC(=O)CN(C)Cc2cnn(C)c2)cc1. The Morgan fingerprint density at radius 3 is 2.67 bits per heavy atom. The van der Waals surface area contributed by atoms with Crippen LogP contribution in [0.4, 0.5) is 5.69 Å². The van der Waals surface area contributed by atoms with Crippen LogP contribution in [-0.4, -0.2) is 41.3 Å². The molecule has 6 nitrogen and oxygen atoms in total. The molecule has 2 aromatic rings.